The quantitative estimate of drug-likeness (QED) is 0.644. The third-order valence-electron chi connectivity index (χ3n) is 3.89. The zero-order valence-electron chi connectivity index (χ0n) is 14.2. The number of hydrogen-bond donors (Lipinski definition) is 3. The van der Waals surface area contributed by atoms with E-state index in [9.17, 15) is 9.90 Å². The van der Waals surface area contributed by atoms with Gasteiger partial charge in [-0.2, -0.15) is 11.3 Å². The molecule has 0 aliphatic carbocycles. The molecule has 130 valence electrons. The third-order valence-corrected chi connectivity index (χ3v) is 4.57. The molecular weight excluding hydrogens is 322 g/mol. The van der Waals surface area contributed by atoms with Gasteiger partial charge in [0, 0.05) is 25.8 Å². The van der Waals surface area contributed by atoms with Crippen LogP contribution in [0.15, 0.2) is 47.2 Å². The van der Waals surface area contributed by atoms with Crippen molar-refractivity contribution in [1.29, 1.82) is 0 Å². The van der Waals surface area contributed by atoms with Gasteiger partial charge in [0.05, 0.1) is 6.54 Å². The van der Waals surface area contributed by atoms with E-state index in [0.717, 1.165) is 24.2 Å². The van der Waals surface area contributed by atoms with Gasteiger partial charge >= 0.3 is 6.03 Å². The molecule has 1 aromatic heterocycles. The van der Waals surface area contributed by atoms with Gasteiger partial charge in [-0.15, -0.1) is 0 Å². The molecule has 3 N–H and O–H groups in total. The van der Waals surface area contributed by atoms with Crippen molar-refractivity contribution in [3.63, 3.8) is 0 Å². The van der Waals surface area contributed by atoms with Gasteiger partial charge < -0.3 is 20.6 Å². The minimum atomic E-state index is -1.05. The van der Waals surface area contributed by atoms with Crippen LogP contribution >= 0.6 is 11.3 Å². The molecule has 1 heterocycles. The Labute approximate surface area is 147 Å². The fraction of sp³-hybridized carbons (Fsp3) is 0.389. The summed E-state index contributed by atoms with van der Waals surface area (Å²) in [5.41, 5.74) is 0.927. The second kappa shape index (κ2) is 8.70. The number of thiophene rings is 1. The predicted molar refractivity (Wildman–Crippen MR) is 99.6 cm³/mol. The number of carbonyl (C=O) groups excluding carboxylic acids is 1. The fourth-order valence-corrected chi connectivity index (χ4v) is 3.10. The first kappa shape index (κ1) is 18.3. The molecule has 0 aliphatic rings. The second-order valence-corrected chi connectivity index (χ2v) is 6.79. The fourth-order valence-electron chi connectivity index (χ4n) is 2.32. The van der Waals surface area contributed by atoms with Gasteiger partial charge in [-0.3, -0.25) is 0 Å². The van der Waals surface area contributed by atoms with Crippen LogP contribution in [0.5, 0.6) is 0 Å². The number of para-hydroxylation sites is 1. The minimum Gasteiger partial charge on any atom is -0.384 e. The summed E-state index contributed by atoms with van der Waals surface area (Å²) in [5.74, 6) is 0. The summed E-state index contributed by atoms with van der Waals surface area (Å²) in [7, 11) is 2.04. The maximum absolute atomic E-state index is 11.8. The molecule has 2 amide bonds. The van der Waals surface area contributed by atoms with E-state index in [-0.39, 0.29) is 12.6 Å². The number of amides is 2. The molecule has 1 aromatic carbocycles. The molecule has 0 radical (unpaired) electrons. The maximum atomic E-state index is 11.8. The van der Waals surface area contributed by atoms with Crippen LogP contribution in [0.4, 0.5) is 10.5 Å². The van der Waals surface area contributed by atoms with Crippen LogP contribution in [0, 0.1) is 0 Å². The summed E-state index contributed by atoms with van der Waals surface area (Å²) in [4.78, 5) is 14.0. The van der Waals surface area contributed by atoms with Crippen molar-refractivity contribution in [3.8, 4) is 0 Å². The summed E-state index contributed by atoms with van der Waals surface area (Å²) < 4.78 is 0. The number of urea groups is 1. The van der Waals surface area contributed by atoms with E-state index in [4.69, 9.17) is 0 Å². The number of anilines is 1. The van der Waals surface area contributed by atoms with Crippen LogP contribution < -0.4 is 15.5 Å². The van der Waals surface area contributed by atoms with E-state index in [1.54, 1.807) is 6.92 Å². The number of nitrogens with one attached hydrogen (secondary N) is 2. The molecule has 24 heavy (non-hydrogen) atoms. The summed E-state index contributed by atoms with van der Waals surface area (Å²) in [6.07, 6.45) is 0.847. The Hall–Kier alpha value is -2.05. The number of benzene rings is 1. The summed E-state index contributed by atoms with van der Waals surface area (Å²) in [6.45, 7) is 3.32. The first-order valence-electron chi connectivity index (χ1n) is 8.02. The van der Waals surface area contributed by atoms with E-state index in [1.165, 1.54) is 11.3 Å². The van der Waals surface area contributed by atoms with Gasteiger partial charge in [-0.05, 0) is 47.9 Å². The molecule has 6 heteroatoms. The molecular formula is C18H25N3O2S. The van der Waals surface area contributed by atoms with Gasteiger partial charge in [0.25, 0.3) is 0 Å². The predicted octanol–water partition coefficient (Wildman–Crippen LogP) is 2.78. The zero-order chi connectivity index (χ0) is 17.4. The molecule has 2 rings (SSSR count). The van der Waals surface area contributed by atoms with Crippen molar-refractivity contribution in [2.24, 2.45) is 0 Å². The second-order valence-electron chi connectivity index (χ2n) is 6.01. The van der Waals surface area contributed by atoms with E-state index in [2.05, 4.69) is 27.7 Å². The van der Waals surface area contributed by atoms with Crippen LogP contribution in [0.2, 0.25) is 0 Å². The first-order valence-corrected chi connectivity index (χ1v) is 8.96. The maximum Gasteiger partial charge on any atom is 0.314 e. The van der Waals surface area contributed by atoms with Gasteiger partial charge in [0.15, 0.2) is 0 Å². The Balaban J connectivity index is 1.63. The molecule has 0 saturated carbocycles. The van der Waals surface area contributed by atoms with Crippen molar-refractivity contribution in [2.45, 2.75) is 18.9 Å². The molecule has 1 atom stereocenters. The molecule has 0 aliphatic heterocycles. The molecule has 0 fully saturated rings. The Morgan fingerprint density at radius 2 is 2.00 bits per heavy atom. The number of rotatable bonds is 8. The Kier molecular flexibility index (Phi) is 6.63. The first-order chi connectivity index (χ1) is 11.5. The van der Waals surface area contributed by atoms with Crippen molar-refractivity contribution in [3.05, 3.63) is 52.7 Å². The van der Waals surface area contributed by atoms with E-state index in [1.807, 2.05) is 42.1 Å². The Morgan fingerprint density at radius 3 is 2.67 bits per heavy atom. The Bertz CT molecular complexity index is 614. The average molecular weight is 347 g/mol. The molecule has 5 nitrogen and oxygen atoms in total. The normalized spacial score (nSPS) is 13.1. The monoisotopic (exact) mass is 347 g/mol. The number of carbonyl (C=O) groups is 1. The number of aliphatic hydroxyl groups is 1. The van der Waals surface area contributed by atoms with Crippen LogP contribution in [-0.2, 0) is 5.60 Å². The van der Waals surface area contributed by atoms with Gasteiger partial charge in [-0.25, -0.2) is 4.79 Å². The largest absolute Gasteiger partial charge is 0.384 e. The Morgan fingerprint density at radius 1 is 1.25 bits per heavy atom. The van der Waals surface area contributed by atoms with Crippen molar-refractivity contribution >= 4 is 23.1 Å². The number of nitrogens with zero attached hydrogens (tertiary/aromatic N) is 1. The molecule has 0 spiro atoms. The van der Waals surface area contributed by atoms with Crippen LogP contribution in [-0.4, -0.2) is 37.8 Å². The lowest BCUT2D eigenvalue weighted by Crippen LogP contribution is -2.43. The molecule has 2 aromatic rings. The highest BCUT2D eigenvalue weighted by Gasteiger charge is 2.23. The van der Waals surface area contributed by atoms with Gasteiger partial charge in [-0.1, -0.05) is 18.2 Å². The number of hydrogen-bond acceptors (Lipinski definition) is 4. The summed E-state index contributed by atoms with van der Waals surface area (Å²) in [6, 6.07) is 11.7. The highest BCUT2D eigenvalue weighted by molar-refractivity contribution is 7.08. The molecule has 0 saturated heterocycles. The van der Waals surface area contributed by atoms with Crippen molar-refractivity contribution in [2.75, 3.05) is 31.6 Å². The lowest BCUT2D eigenvalue weighted by molar-refractivity contribution is 0.0598. The van der Waals surface area contributed by atoms with Gasteiger partial charge in [0.2, 0.25) is 0 Å². The van der Waals surface area contributed by atoms with E-state index >= 15 is 0 Å². The molecule has 0 bridgehead atoms. The van der Waals surface area contributed by atoms with E-state index < -0.39 is 5.60 Å². The highest BCUT2D eigenvalue weighted by Crippen LogP contribution is 2.21. The summed E-state index contributed by atoms with van der Waals surface area (Å²) in [5, 5.41) is 19.7. The molecule has 1 unspecified atom stereocenters. The van der Waals surface area contributed by atoms with Crippen LogP contribution in [0.3, 0.4) is 0 Å². The lowest BCUT2D eigenvalue weighted by atomic mass is 9.99. The topological polar surface area (TPSA) is 64.6 Å². The standard InChI is InChI=1S/C18H25N3O2S/c1-18(23,15-9-12-24-13-15)14-20-17(22)19-10-6-11-21(2)16-7-4-3-5-8-16/h3-5,7-9,12-13,23H,6,10-11,14H2,1-2H3,(H2,19,20,22). The lowest BCUT2D eigenvalue weighted by Gasteiger charge is -2.23. The highest BCUT2D eigenvalue weighted by atomic mass is 32.1. The average Bonchev–Trinajstić information content (AvgIpc) is 3.13. The van der Waals surface area contributed by atoms with Crippen LogP contribution in [0.25, 0.3) is 0 Å². The van der Waals surface area contributed by atoms with Crippen molar-refractivity contribution < 1.29 is 9.90 Å². The van der Waals surface area contributed by atoms with Crippen molar-refractivity contribution in [1.82, 2.24) is 10.6 Å². The van der Waals surface area contributed by atoms with Crippen LogP contribution in [0.1, 0.15) is 18.9 Å². The summed E-state index contributed by atoms with van der Waals surface area (Å²) >= 11 is 1.53. The van der Waals surface area contributed by atoms with Gasteiger partial charge in [0.1, 0.15) is 5.60 Å². The smallest absolute Gasteiger partial charge is 0.314 e. The minimum absolute atomic E-state index is 0.180. The SMILES string of the molecule is CN(CCCNC(=O)NCC(C)(O)c1ccsc1)c1ccccc1. The third kappa shape index (κ3) is 5.54. The zero-order valence-corrected chi connectivity index (χ0v) is 15.0. The van der Waals surface area contributed by atoms with E-state index in [0.29, 0.717) is 6.54 Å².